The third-order valence-corrected chi connectivity index (χ3v) is 4.08. The van der Waals surface area contributed by atoms with Gasteiger partial charge < -0.3 is 15.5 Å². The smallest absolute Gasteiger partial charge is 0.275 e. The Morgan fingerprint density at radius 2 is 1.62 bits per heavy atom. The van der Waals surface area contributed by atoms with Crippen molar-refractivity contribution in [2.45, 2.75) is 59.5 Å². The molecule has 0 fully saturated rings. The van der Waals surface area contributed by atoms with E-state index >= 15 is 0 Å². The Bertz CT molecular complexity index is 564. The Labute approximate surface area is 158 Å². The highest BCUT2D eigenvalue weighted by molar-refractivity contribution is 5.79. The van der Waals surface area contributed by atoms with Gasteiger partial charge in [-0.1, -0.05) is 44.2 Å². The zero-order chi connectivity index (χ0) is 19.7. The molecule has 26 heavy (non-hydrogen) atoms. The molecule has 0 spiro atoms. The van der Waals surface area contributed by atoms with Gasteiger partial charge in [0.05, 0.1) is 12.6 Å². The highest BCUT2D eigenvalue weighted by Crippen LogP contribution is 2.20. The third kappa shape index (κ3) is 8.99. The number of carbonyl (C=O) groups excluding carboxylic acids is 2. The van der Waals surface area contributed by atoms with E-state index in [1.807, 2.05) is 45.9 Å². The molecule has 0 saturated heterocycles. The Morgan fingerprint density at radius 1 is 1.04 bits per heavy atom. The molecule has 5 heteroatoms. The van der Waals surface area contributed by atoms with E-state index in [0.29, 0.717) is 19.0 Å². The maximum absolute atomic E-state index is 12.6. The number of rotatable bonds is 9. The normalized spacial score (nSPS) is 14.0. The molecule has 0 heterocycles. The first-order chi connectivity index (χ1) is 12.1. The van der Waals surface area contributed by atoms with Crippen molar-refractivity contribution in [3.8, 4) is 0 Å². The van der Waals surface area contributed by atoms with Gasteiger partial charge in [-0.3, -0.25) is 9.59 Å². The summed E-state index contributed by atoms with van der Waals surface area (Å²) in [5.41, 5.74) is 0.867. The summed E-state index contributed by atoms with van der Waals surface area (Å²) in [5.74, 6) is 0.441. The van der Waals surface area contributed by atoms with Crippen molar-refractivity contribution in [1.29, 1.82) is 0 Å². The van der Waals surface area contributed by atoms with Crippen LogP contribution in [0.5, 0.6) is 0 Å². The van der Waals surface area contributed by atoms with E-state index in [9.17, 15) is 9.59 Å². The molecule has 1 aromatic rings. The molecule has 0 aliphatic carbocycles. The Balaban J connectivity index is 2.66. The zero-order valence-electron chi connectivity index (χ0n) is 17.2. The molecule has 2 atom stereocenters. The van der Waals surface area contributed by atoms with E-state index in [2.05, 4.69) is 36.6 Å². The lowest BCUT2D eigenvalue weighted by Gasteiger charge is -2.24. The van der Waals surface area contributed by atoms with Crippen LogP contribution in [-0.2, 0) is 9.59 Å². The minimum Gasteiger partial charge on any atom is -0.347 e. The van der Waals surface area contributed by atoms with Crippen molar-refractivity contribution in [3.63, 3.8) is 0 Å². The van der Waals surface area contributed by atoms with Crippen LogP contribution in [0.4, 0.5) is 0 Å². The van der Waals surface area contributed by atoms with Gasteiger partial charge in [0.1, 0.15) is 0 Å². The van der Waals surface area contributed by atoms with Gasteiger partial charge >= 0.3 is 0 Å². The van der Waals surface area contributed by atoms with Crippen LogP contribution < -0.4 is 15.5 Å². The van der Waals surface area contributed by atoms with E-state index in [4.69, 9.17) is 0 Å². The average Bonchev–Trinajstić information content (AvgIpc) is 2.52. The van der Waals surface area contributed by atoms with Gasteiger partial charge in [-0.15, -0.1) is 0 Å². The summed E-state index contributed by atoms with van der Waals surface area (Å²) in [4.78, 5) is 25.7. The molecule has 1 aromatic carbocycles. The van der Waals surface area contributed by atoms with Crippen LogP contribution in [0.2, 0.25) is 0 Å². The first kappa shape index (κ1) is 22.2. The first-order valence-corrected chi connectivity index (χ1v) is 9.59. The summed E-state index contributed by atoms with van der Waals surface area (Å²) >= 11 is 0. The molecule has 0 radical (unpaired) electrons. The van der Waals surface area contributed by atoms with Crippen LogP contribution in [0.1, 0.15) is 59.6 Å². The van der Waals surface area contributed by atoms with Crippen molar-refractivity contribution in [2.75, 3.05) is 19.6 Å². The molecule has 1 unspecified atom stereocenters. The Hall–Kier alpha value is -1.88. The van der Waals surface area contributed by atoms with Gasteiger partial charge in [0.15, 0.2) is 13.1 Å². The summed E-state index contributed by atoms with van der Waals surface area (Å²) in [6, 6.07) is 10.1. The SMILES string of the molecule is CC[NH+](CC(=O)N[C@@H](CC(C)C)c1ccccc1)CC(=O)NC(C)(C)C. The third-order valence-electron chi connectivity index (χ3n) is 4.08. The van der Waals surface area contributed by atoms with Crippen LogP contribution >= 0.6 is 0 Å². The fraction of sp³-hybridized carbons (Fsp3) is 0.619. The van der Waals surface area contributed by atoms with Gasteiger partial charge in [0, 0.05) is 5.54 Å². The first-order valence-electron chi connectivity index (χ1n) is 9.59. The van der Waals surface area contributed by atoms with E-state index < -0.39 is 0 Å². The lowest BCUT2D eigenvalue weighted by atomic mass is 9.97. The van der Waals surface area contributed by atoms with Crippen LogP contribution in [0.3, 0.4) is 0 Å². The summed E-state index contributed by atoms with van der Waals surface area (Å²) in [6.07, 6.45) is 0.891. The van der Waals surface area contributed by atoms with Gasteiger partial charge in [0.2, 0.25) is 0 Å². The quantitative estimate of drug-likeness (QED) is 0.626. The minimum atomic E-state index is -0.256. The number of benzene rings is 1. The van der Waals surface area contributed by atoms with Gasteiger partial charge in [-0.25, -0.2) is 0 Å². The van der Waals surface area contributed by atoms with E-state index in [0.717, 1.165) is 23.4 Å². The predicted octanol–water partition coefficient (Wildman–Crippen LogP) is 1.71. The number of amides is 2. The summed E-state index contributed by atoms with van der Waals surface area (Å²) in [5, 5.41) is 6.12. The molecule has 0 aliphatic heterocycles. The van der Waals surface area contributed by atoms with Crippen molar-refractivity contribution < 1.29 is 14.5 Å². The minimum absolute atomic E-state index is 0.00482. The molecule has 0 saturated carbocycles. The second-order valence-electron chi connectivity index (χ2n) is 8.42. The van der Waals surface area contributed by atoms with E-state index in [-0.39, 0.29) is 23.4 Å². The monoisotopic (exact) mass is 362 g/mol. The fourth-order valence-electron chi connectivity index (χ4n) is 2.91. The number of quaternary nitrogens is 1. The maximum Gasteiger partial charge on any atom is 0.275 e. The van der Waals surface area contributed by atoms with Crippen LogP contribution in [0.15, 0.2) is 30.3 Å². The van der Waals surface area contributed by atoms with Crippen molar-refractivity contribution >= 4 is 11.8 Å². The Kier molecular flexibility index (Phi) is 8.79. The molecule has 3 N–H and O–H groups in total. The summed E-state index contributed by atoms with van der Waals surface area (Å²) in [7, 11) is 0. The number of likely N-dealkylation sites (N-methyl/N-ethyl adjacent to an activating group) is 1. The molecule has 1 rings (SSSR count). The number of hydrogen-bond donors (Lipinski definition) is 3. The second kappa shape index (κ2) is 10.3. The van der Waals surface area contributed by atoms with Crippen molar-refractivity contribution in [1.82, 2.24) is 10.6 Å². The van der Waals surface area contributed by atoms with E-state index in [1.165, 1.54) is 0 Å². The molecule has 0 aromatic heterocycles. The second-order valence-corrected chi connectivity index (χ2v) is 8.42. The zero-order valence-corrected chi connectivity index (χ0v) is 17.2. The van der Waals surface area contributed by atoms with Gasteiger partial charge in [0.25, 0.3) is 11.8 Å². The largest absolute Gasteiger partial charge is 0.347 e. The summed E-state index contributed by atoms with van der Waals surface area (Å²) < 4.78 is 0. The Morgan fingerprint density at radius 3 is 2.12 bits per heavy atom. The highest BCUT2D eigenvalue weighted by atomic mass is 16.2. The standard InChI is InChI=1S/C21H35N3O2/c1-7-24(15-20(26)23-21(4,5)6)14-19(25)22-18(13-16(2)3)17-11-9-8-10-12-17/h8-12,16,18H,7,13-15H2,1-6H3,(H,22,25)(H,23,26)/p+1/t18-/m0/s1. The van der Waals surface area contributed by atoms with E-state index in [1.54, 1.807) is 0 Å². The molecular formula is C21H36N3O2+. The number of carbonyl (C=O) groups is 2. The summed E-state index contributed by atoms with van der Waals surface area (Å²) in [6.45, 7) is 13.5. The topological polar surface area (TPSA) is 62.6 Å². The average molecular weight is 363 g/mol. The molecule has 0 bridgehead atoms. The molecular weight excluding hydrogens is 326 g/mol. The van der Waals surface area contributed by atoms with Gasteiger partial charge in [-0.2, -0.15) is 0 Å². The van der Waals surface area contributed by atoms with Crippen LogP contribution in [0.25, 0.3) is 0 Å². The van der Waals surface area contributed by atoms with Crippen LogP contribution in [-0.4, -0.2) is 37.0 Å². The van der Waals surface area contributed by atoms with Crippen molar-refractivity contribution in [3.05, 3.63) is 35.9 Å². The maximum atomic E-state index is 12.6. The molecule has 5 nitrogen and oxygen atoms in total. The molecule has 146 valence electrons. The molecule has 0 aliphatic rings. The fourth-order valence-corrected chi connectivity index (χ4v) is 2.91. The number of nitrogens with one attached hydrogen (secondary N) is 3. The lowest BCUT2D eigenvalue weighted by molar-refractivity contribution is -0.881. The van der Waals surface area contributed by atoms with Crippen molar-refractivity contribution in [2.24, 2.45) is 5.92 Å². The molecule has 2 amide bonds. The lowest BCUT2D eigenvalue weighted by Crippen LogP contribution is -3.14. The highest BCUT2D eigenvalue weighted by Gasteiger charge is 2.22. The predicted molar refractivity (Wildman–Crippen MR) is 106 cm³/mol. The van der Waals surface area contributed by atoms with Gasteiger partial charge in [-0.05, 0) is 45.6 Å². The number of hydrogen-bond acceptors (Lipinski definition) is 2. The van der Waals surface area contributed by atoms with Crippen LogP contribution in [0, 0.1) is 5.92 Å².